The normalized spacial score (nSPS) is 19.5. The Kier molecular flexibility index (Phi) is 7.24. The van der Waals surface area contributed by atoms with Crippen LogP contribution in [-0.4, -0.2) is 75.8 Å². The molecule has 0 N–H and O–H groups in total. The molecule has 0 radical (unpaired) electrons. The van der Waals surface area contributed by atoms with E-state index in [4.69, 9.17) is 4.74 Å². The van der Waals surface area contributed by atoms with E-state index in [1.807, 2.05) is 30.3 Å². The van der Waals surface area contributed by atoms with Crippen molar-refractivity contribution in [2.45, 2.75) is 32.3 Å². The van der Waals surface area contributed by atoms with E-state index in [-0.39, 0.29) is 17.9 Å². The van der Waals surface area contributed by atoms with Crippen molar-refractivity contribution in [3.63, 3.8) is 0 Å². The number of hydrogen-bond acceptors (Lipinski definition) is 5. The van der Waals surface area contributed by atoms with Gasteiger partial charge in [0.25, 0.3) is 5.91 Å². The summed E-state index contributed by atoms with van der Waals surface area (Å²) in [6, 6.07) is 15.8. The van der Waals surface area contributed by atoms with Gasteiger partial charge in [-0.05, 0) is 28.7 Å². The summed E-state index contributed by atoms with van der Waals surface area (Å²) >= 11 is 0. The Bertz CT molecular complexity index is 1180. The topological polar surface area (TPSA) is 70.2 Å². The lowest BCUT2D eigenvalue weighted by atomic mass is 9.86. The molecule has 1 atom stereocenters. The van der Waals surface area contributed by atoms with Gasteiger partial charge in [-0.3, -0.25) is 14.0 Å². The molecule has 2 aromatic rings. The molecule has 8 heteroatoms. The Morgan fingerprint density at radius 1 is 1.06 bits per heavy atom. The van der Waals surface area contributed by atoms with Crippen molar-refractivity contribution in [1.29, 1.82) is 0 Å². The molecule has 1 amide bonds. The third-order valence-corrected chi connectivity index (χ3v) is 7.67. The Hall–Kier alpha value is -2.84. The number of fused-ring (bicyclic) bond motifs is 1. The fourth-order valence-corrected chi connectivity index (χ4v) is 5.32. The van der Waals surface area contributed by atoms with E-state index < -0.39 is 16.1 Å². The zero-order valence-electron chi connectivity index (χ0n) is 21.0. The van der Waals surface area contributed by atoms with Crippen LogP contribution in [-0.2, 0) is 20.2 Å². The average Bonchev–Trinajstić information content (AvgIpc) is 2.82. The number of nitrogens with zero attached hydrogens (tertiary/aromatic N) is 3. The van der Waals surface area contributed by atoms with E-state index in [1.54, 1.807) is 11.0 Å². The number of hydrogen-bond donors (Lipinski definition) is 0. The molecule has 1 unspecified atom stereocenters. The van der Waals surface area contributed by atoms with E-state index in [0.717, 1.165) is 25.2 Å². The van der Waals surface area contributed by atoms with Crippen LogP contribution < -0.4 is 9.04 Å². The first-order valence-electron chi connectivity index (χ1n) is 12.0. The first kappa shape index (κ1) is 25.3. The maximum atomic E-state index is 13.3. The van der Waals surface area contributed by atoms with E-state index in [2.05, 4.69) is 50.0 Å². The van der Waals surface area contributed by atoms with E-state index in [0.29, 0.717) is 24.5 Å². The third kappa shape index (κ3) is 6.05. The highest BCUT2D eigenvalue weighted by Gasteiger charge is 2.38. The van der Waals surface area contributed by atoms with Gasteiger partial charge in [-0.15, -0.1) is 0 Å². The van der Waals surface area contributed by atoms with Crippen molar-refractivity contribution in [2.24, 2.45) is 0 Å². The second kappa shape index (κ2) is 10.0. The lowest BCUT2D eigenvalue weighted by Gasteiger charge is -2.39. The summed E-state index contributed by atoms with van der Waals surface area (Å²) in [6.45, 7) is 9.74. The average molecular weight is 498 g/mol. The van der Waals surface area contributed by atoms with Crippen molar-refractivity contribution in [1.82, 2.24) is 9.80 Å². The van der Waals surface area contributed by atoms with E-state index in [9.17, 15) is 13.2 Å². The van der Waals surface area contributed by atoms with Crippen LogP contribution in [0.3, 0.4) is 0 Å². The third-order valence-electron chi connectivity index (χ3n) is 6.53. The summed E-state index contributed by atoms with van der Waals surface area (Å²) in [4.78, 5) is 17.4. The van der Waals surface area contributed by atoms with Gasteiger partial charge < -0.3 is 9.64 Å². The largest absolute Gasteiger partial charge is 0.476 e. The molecular weight excluding hydrogens is 462 g/mol. The van der Waals surface area contributed by atoms with Crippen LogP contribution in [0.1, 0.15) is 31.9 Å². The van der Waals surface area contributed by atoms with E-state index >= 15 is 0 Å². The van der Waals surface area contributed by atoms with Crippen LogP contribution in [0.5, 0.6) is 5.75 Å². The first-order chi connectivity index (χ1) is 16.5. The molecule has 2 aliphatic rings. The SMILES string of the molecule is CC(C)(C)c1ccc2c(c1)N(S(C)(=O)=O)CC(C(=O)N1CCN(C/C=C/c3ccccc3)CC1)O2. The van der Waals surface area contributed by atoms with Gasteiger partial charge in [0.05, 0.1) is 18.5 Å². The lowest BCUT2D eigenvalue weighted by Crippen LogP contribution is -2.56. The van der Waals surface area contributed by atoms with Crippen LogP contribution >= 0.6 is 0 Å². The van der Waals surface area contributed by atoms with Gasteiger partial charge in [0.1, 0.15) is 5.75 Å². The number of anilines is 1. The number of ether oxygens (including phenoxy) is 1. The second-order valence-corrected chi connectivity index (χ2v) is 12.2. The Balaban J connectivity index is 1.41. The summed E-state index contributed by atoms with van der Waals surface area (Å²) in [7, 11) is -3.57. The van der Waals surface area contributed by atoms with Gasteiger partial charge in [-0.2, -0.15) is 0 Å². The molecule has 0 spiro atoms. The predicted octanol–water partition coefficient (Wildman–Crippen LogP) is 3.37. The molecule has 2 heterocycles. The fourth-order valence-electron chi connectivity index (χ4n) is 4.42. The molecule has 188 valence electrons. The summed E-state index contributed by atoms with van der Waals surface area (Å²) in [5, 5.41) is 0. The zero-order chi connectivity index (χ0) is 25.2. The molecule has 7 nitrogen and oxygen atoms in total. The molecule has 0 saturated carbocycles. The highest BCUT2D eigenvalue weighted by Crippen LogP contribution is 2.38. The summed E-state index contributed by atoms with van der Waals surface area (Å²) in [6.07, 6.45) is 4.57. The molecule has 0 aromatic heterocycles. The minimum atomic E-state index is -3.57. The molecule has 4 rings (SSSR count). The molecule has 1 saturated heterocycles. The number of carbonyl (C=O) groups is 1. The number of amides is 1. The molecule has 35 heavy (non-hydrogen) atoms. The fraction of sp³-hybridized carbons (Fsp3) is 0.444. The maximum absolute atomic E-state index is 13.3. The Labute approximate surface area is 209 Å². The maximum Gasteiger partial charge on any atom is 0.265 e. The van der Waals surface area contributed by atoms with Crippen LogP contribution in [0.25, 0.3) is 6.08 Å². The quantitative estimate of drug-likeness (QED) is 0.634. The number of carbonyl (C=O) groups excluding carboxylic acids is 1. The molecule has 2 aromatic carbocycles. The molecule has 1 fully saturated rings. The Morgan fingerprint density at radius 2 is 1.74 bits per heavy atom. The predicted molar refractivity (Wildman–Crippen MR) is 140 cm³/mol. The molecule has 0 aliphatic carbocycles. The molecule has 2 aliphatic heterocycles. The summed E-state index contributed by atoms with van der Waals surface area (Å²) < 4.78 is 32.6. The van der Waals surface area contributed by atoms with Crippen molar-refractivity contribution >= 4 is 27.7 Å². The van der Waals surface area contributed by atoms with Crippen LogP contribution in [0.4, 0.5) is 5.69 Å². The monoisotopic (exact) mass is 497 g/mol. The smallest absolute Gasteiger partial charge is 0.265 e. The van der Waals surface area contributed by atoms with Crippen molar-refractivity contribution in [3.05, 3.63) is 65.7 Å². The van der Waals surface area contributed by atoms with Crippen molar-refractivity contribution in [2.75, 3.05) is 49.8 Å². The van der Waals surface area contributed by atoms with Crippen molar-refractivity contribution in [3.8, 4) is 5.75 Å². The zero-order valence-corrected chi connectivity index (χ0v) is 21.8. The molecular formula is C27H35N3O4S. The van der Waals surface area contributed by atoms with Crippen LogP contribution in [0.2, 0.25) is 0 Å². The Morgan fingerprint density at radius 3 is 2.37 bits per heavy atom. The van der Waals surface area contributed by atoms with Gasteiger partial charge in [0.15, 0.2) is 6.10 Å². The van der Waals surface area contributed by atoms with Gasteiger partial charge >= 0.3 is 0 Å². The summed E-state index contributed by atoms with van der Waals surface area (Å²) in [5.41, 5.74) is 2.54. The highest BCUT2D eigenvalue weighted by atomic mass is 32.2. The lowest BCUT2D eigenvalue weighted by molar-refractivity contribution is -0.140. The minimum Gasteiger partial charge on any atom is -0.476 e. The van der Waals surface area contributed by atoms with Crippen LogP contribution in [0, 0.1) is 0 Å². The number of sulfonamides is 1. The number of rotatable bonds is 5. The summed E-state index contributed by atoms with van der Waals surface area (Å²) in [5.74, 6) is 0.265. The highest BCUT2D eigenvalue weighted by molar-refractivity contribution is 7.92. The first-order valence-corrected chi connectivity index (χ1v) is 13.9. The second-order valence-electron chi connectivity index (χ2n) is 10.3. The van der Waals surface area contributed by atoms with Gasteiger partial charge in [0.2, 0.25) is 10.0 Å². The standard InChI is InChI=1S/C27H35N3O4S/c1-27(2,3)22-12-13-24-23(19-22)30(35(4,32)33)20-25(34-24)26(31)29-17-15-28(16-18-29)14-8-11-21-9-6-5-7-10-21/h5-13,19,25H,14-18,20H2,1-4H3/b11-8+. The van der Waals surface area contributed by atoms with Gasteiger partial charge in [0, 0.05) is 32.7 Å². The molecule has 0 bridgehead atoms. The number of benzene rings is 2. The van der Waals surface area contributed by atoms with Crippen molar-refractivity contribution < 1.29 is 17.9 Å². The van der Waals surface area contributed by atoms with Gasteiger partial charge in [-0.25, -0.2) is 8.42 Å². The number of piperazine rings is 1. The minimum absolute atomic E-state index is 0.0156. The van der Waals surface area contributed by atoms with Crippen LogP contribution in [0.15, 0.2) is 54.6 Å². The van der Waals surface area contributed by atoms with Gasteiger partial charge in [-0.1, -0.05) is 69.3 Å². The van der Waals surface area contributed by atoms with E-state index in [1.165, 1.54) is 16.1 Å².